The van der Waals surface area contributed by atoms with Gasteiger partial charge in [-0.25, -0.2) is 0 Å². The summed E-state index contributed by atoms with van der Waals surface area (Å²) in [6.07, 6.45) is 5.34. The molecule has 22 heavy (non-hydrogen) atoms. The van der Waals surface area contributed by atoms with Crippen LogP contribution in [0.5, 0.6) is 5.88 Å². The van der Waals surface area contributed by atoms with E-state index in [9.17, 15) is 0 Å². The average molecular weight is 315 g/mol. The summed E-state index contributed by atoms with van der Waals surface area (Å²) in [6.45, 7) is 2.70. The fourth-order valence-electron chi connectivity index (χ4n) is 2.63. The normalized spacial score (nSPS) is 15.6. The van der Waals surface area contributed by atoms with Crippen molar-refractivity contribution in [3.05, 3.63) is 47.7 Å². The SMILES string of the molecule is CN1CCC=C(c2nsnc2OCCCc2ccccc2)C1. The van der Waals surface area contributed by atoms with Crippen molar-refractivity contribution < 1.29 is 4.74 Å². The largest absolute Gasteiger partial charge is 0.475 e. The number of nitrogens with zero attached hydrogens (tertiary/aromatic N) is 3. The number of hydrogen-bond donors (Lipinski definition) is 0. The molecule has 0 N–H and O–H groups in total. The molecule has 3 rings (SSSR count). The molecule has 5 heteroatoms. The van der Waals surface area contributed by atoms with Gasteiger partial charge in [0.05, 0.1) is 18.3 Å². The minimum atomic E-state index is 0.677. The lowest BCUT2D eigenvalue weighted by Gasteiger charge is -2.22. The van der Waals surface area contributed by atoms with Crippen molar-refractivity contribution in [2.45, 2.75) is 19.3 Å². The first-order valence-corrected chi connectivity index (χ1v) is 8.43. The fraction of sp³-hybridized carbons (Fsp3) is 0.412. The number of rotatable bonds is 6. The summed E-state index contributed by atoms with van der Waals surface area (Å²) in [6, 6.07) is 10.5. The highest BCUT2D eigenvalue weighted by Gasteiger charge is 2.18. The molecule has 0 aliphatic carbocycles. The van der Waals surface area contributed by atoms with Gasteiger partial charge < -0.3 is 9.64 Å². The predicted molar refractivity (Wildman–Crippen MR) is 90.3 cm³/mol. The van der Waals surface area contributed by atoms with E-state index in [1.54, 1.807) is 0 Å². The van der Waals surface area contributed by atoms with E-state index in [0.717, 1.165) is 38.0 Å². The van der Waals surface area contributed by atoms with Gasteiger partial charge in [-0.3, -0.25) is 0 Å². The maximum atomic E-state index is 5.86. The summed E-state index contributed by atoms with van der Waals surface area (Å²) in [5.74, 6) is 0.694. The number of hydrogen-bond acceptors (Lipinski definition) is 5. The first kappa shape index (κ1) is 15.2. The number of benzene rings is 1. The average Bonchev–Trinajstić information content (AvgIpc) is 3.01. The van der Waals surface area contributed by atoms with Crippen LogP contribution in [-0.4, -0.2) is 40.4 Å². The zero-order valence-electron chi connectivity index (χ0n) is 12.9. The van der Waals surface area contributed by atoms with Crippen molar-refractivity contribution in [1.29, 1.82) is 0 Å². The van der Waals surface area contributed by atoms with Crippen LogP contribution in [0.4, 0.5) is 0 Å². The van der Waals surface area contributed by atoms with Gasteiger partial charge in [-0.05, 0) is 37.4 Å². The van der Waals surface area contributed by atoms with E-state index in [2.05, 4.69) is 51.0 Å². The van der Waals surface area contributed by atoms with Crippen molar-refractivity contribution in [1.82, 2.24) is 13.6 Å². The molecule has 0 amide bonds. The summed E-state index contributed by atoms with van der Waals surface area (Å²) in [5.41, 5.74) is 3.51. The Balaban J connectivity index is 1.53. The van der Waals surface area contributed by atoms with Crippen LogP contribution in [0.25, 0.3) is 5.57 Å². The van der Waals surface area contributed by atoms with Gasteiger partial charge in [0.2, 0.25) is 0 Å². The molecular weight excluding hydrogens is 294 g/mol. The molecule has 1 aromatic carbocycles. The summed E-state index contributed by atoms with van der Waals surface area (Å²) in [7, 11) is 2.13. The standard InChI is InChI=1S/C17H21N3OS/c1-20-11-5-10-15(13-20)16-17(19-22-18-16)21-12-6-9-14-7-3-2-4-8-14/h2-4,7-8,10H,5-6,9,11-13H2,1H3. The highest BCUT2D eigenvalue weighted by molar-refractivity contribution is 6.99. The molecule has 0 fully saturated rings. The maximum absolute atomic E-state index is 5.86. The predicted octanol–water partition coefficient (Wildman–Crippen LogP) is 3.27. The van der Waals surface area contributed by atoms with E-state index in [1.807, 2.05) is 6.07 Å². The molecular formula is C17H21N3OS. The molecule has 0 unspecified atom stereocenters. The third kappa shape index (κ3) is 3.93. The van der Waals surface area contributed by atoms with E-state index < -0.39 is 0 Å². The van der Waals surface area contributed by atoms with Crippen LogP contribution in [0, 0.1) is 0 Å². The van der Waals surface area contributed by atoms with Crippen LogP contribution in [-0.2, 0) is 6.42 Å². The van der Waals surface area contributed by atoms with E-state index in [-0.39, 0.29) is 0 Å². The van der Waals surface area contributed by atoms with Crippen molar-refractivity contribution in [2.75, 3.05) is 26.7 Å². The number of ether oxygens (including phenoxy) is 1. The quantitative estimate of drug-likeness (QED) is 0.767. The molecule has 0 atom stereocenters. The molecule has 2 heterocycles. The molecule has 1 aliphatic heterocycles. The summed E-state index contributed by atoms with van der Waals surface area (Å²) < 4.78 is 14.6. The van der Waals surface area contributed by atoms with Crippen LogP contribution in [0.15, 0.2) is 36.4 Å². The van der Waals surface area contributed by atoms with Crippen LogP contribution in [0.2, 0.25) is 0 Å². The van der Waals surface area contributed by atoms with E-state index in [4.69, 9.17) is 4.74 Å². The zero-order chi connectivity index (χ0) is 15.2. The highest BCUT2D eigenvalue weighted by atomic mass is 32.1. The summed E-state index contributed by atoms with van der Waals surface area (Å²) in [5, 5.41) is 0. The topological polar surface area (TPSA) is 38.2 Å². The molecule has 1 aromatic heterocycles. The lowest BCUT2D eigenvalue weighted by Crippen LogP contribution is -2.25. The monoisotopic (exact) mass is 315 g/mol. The number of aromatic nitrogens is 2. The maximum Gasteiger partial charge on any atom is 0.253 e. The summed E-state index contributed by atoms with van der Waals surface area (Å²) in [4.78, 5) is 2.30. The van der Waals surface area contributed by atoms with Crippen molar-refractivity contribution in [3.63, 3.8) is 0 Å². The van der Waals surface area contributed by atoms with Crippen molar-refractivity contribution >= 4 is 17.3 Å². The van der Waals surface area contributed by atoms with Crippen LogP contribution in [0.1, 0.15) is 24.1 Å². The van der Waals surface area contributed by atoms with Crippen molar-refractivity contribution in [3.8, 4) is 5.88 Å². The molecule has 116 valence electrons. The van der Waals surface area contributed by atoms with Gasteiger partial charge in [0.25, 0.3) is 5.88 Å². The number of likely N-dealkylation sites (N-methyl/N-ethyl adjacent to an activating group) is 1. The van der Waals surface area contributed by atoms with Crippen LogP contribution >= 0.6 is 11.7 Å². The minimum Gasteiger partial charge on any atom is -0.475 e. The first-order chi connectivity index (χ1) is 10.8. The molecule has 0 spiro atoms. The van der Waals surface area contributed by atoms with Gasteiger partial charge in [0, 0.05) is 13.1 Å². The third-order valence-corrected chi connectivity index (χ3v) is 4.31. The molecule has 4 nitrogen and oxygen atoms in total. The smallest absolute Gasteiger partial charge is 0.253 e. The van der Waals surface area contributed by atoms with Gasteiger partial charge in [0.1, 0.15) is 5.69 Å². The molecule has 0 radical (unpaired) electrons. The fourth-order valence-corrected chi connectivity index (χ4v) is 3.16. The van der Waals surface area contributed by atoms with Crippen molar-refractivity contribution in [2.24, 2.45) is 0 Å². The number of aryl methyl sites for hydroxylation is 1. The van der Waals surface area contributed by atoms with E-state index in [1.165, 1.54) is 22.9 Å². The second-order valence-corrected chi connectivity index (χ2v) is 6.14. The Labute approximate surface area is 135 Å². The van der Waals surface area contributed by atoms with Gasteiger partial charge in [0.15, 0.2) is 0 Å². The Morgan fingerprint density at radius 1 is 1.23 bits per heavy atom. The highest BCUT2D eigenvalue weighted by Crippen LogP contribution is 2.27. The molecule has 0 bridgehead atoms. The molecule has 0 saturated heterocycles. The second-order valence-electron chi connectivity index (χ2n) is 5.61. The van der Waals surface area contributed by atoms with E-state index >= 15 is 0 Å². The zero-order valence-corrected chi connectivity index (χ0v) is 13.7. The van der Waals surface area contributed by atoms with Gasteiger partial charge >= 0.3 is 0 Å². The lowest BCUT2D eigenvalue weighted by molar-refractivity contribution is 0.300. The Bertz CT molecular complexity index is 624. The second kappa shape index (κ2) is 7.51. The molecule has 1 aliphatic rings. The van der Waals surface area contributed by atoms with Crippen LogP contribution < -0.4 is 4.74 Å². The van der Waals surface area contributed by atoms with Gasteiger partial charge in [-0.2, -0.15) is 4.37 Å². The Morgan fingerprint density at radius 3 is 2.91 bits per heavy atom. The van der Waals surface area contributed by atoms with Crippen LogP contribution in [0.3, 0.4) is 0 Å². The van der Waals surface area contributed by atoms with Gasteiger partial charge in [-0.1, -0.05) is 36.4 Å². The Kier molecular flexibility index (Phi) is 5.19. The van der Waals surface area contributed by atoms with Gasteiger partial charge in [-0.15, -0.1) is 4.37 Å². The first-order valence-electron chi connectivity index (χ1n) is 7.70. The Morgan fingerprint density at radius 2 is 2.09 bits per heavy atom. The summed E-state index contributed by atoms with van der Waals surface area (Å²) >= 11 is 1.23. The Hall–Kier alpha value is -1.72. The van der Waals surface area contributed by atoms with E-state index in [0.29, 0.717) is 12.5 Å². The lowest BCUT2D eigenvalue weighted by atomic mass is 10.1. The third-order valence-electron chi connectivity index (χ3n) is 3.80. The minimum absolute atomic E-state index is 0.677. The molecule has 2 aromatic rings. The molecule has 0 saturated carbocycles.